The van der Waals surface area contributed by atoms with E-state index < -0.39 is 8.32 Å². The van der Waals surface area contributed by atoms with Crippen LogP contribution in [0.2, 0.25) is 18.1 Å². The van der Waals surface area contributed by atoms with Crippen molar-refractivity contribution in [2.75, 3.05) is 0 Å². The maximum absolute atomic E-state index is 6.82. The molecule has 0 amide bonds. The van der Waals surface area contributed by atoms with Gasteiger partial charge in [-0.1, -0.05) is 51.1 Å². The van der Waals surface area contributed by atoms with Crippen LogP contribution in [0.15, 0.2) is 48.7 Å². The van der Waals surface area contributed by atoms with E-state index in [1.165, 1.54) is 11.1 Å². The molecule has 0 aliphatic carbocycles. The molecule has 3 heteroatoms. The minimum Gasteiger partial charge on any atom is -0.406 e. The van der Waals surface area contributed by atoms with Gasteiger partial charge in [0.15, 0.2) is 8.32 Å². The zero-order chi connectivity index (χ0) is 16.0. The van der Waals surface area contributed by atoms with Gasteiger partial charge in [-0.15, -0.1) is 0 Å². The van der Waals surface area contributed by atoms with Crippen molar-refractivity contribution in [3.8, 4) is 0 Å². The Labute approximate surface area is 135 Å². The molecular weight excluding hydrogens is 286 g/mol. The van der Waals surface area contributed by atoms with Crippen molar-refractivity contribution in [1.82, 2.24) is 4.98 Å². The van der Waals surface area contributed by atoms with Crippen LogP contribution in [-0.4, -0.2) is 13.3 Å². The van der Waals surface area contributed by atoms with Gasteiger partial charge in [-0.25, -0.2) is 0 Å². The minimum atomic E-state index is -1.68. The molecule has 118 valence electrons. The van der Waals surface area contributed by atoms with E-state index in [-0.39, 0.29) is 6.10 Å². The first-order valence-corrected chi connectivity index (χ1v) is 10.8. The monoisotopic (exact) mass is 313 g/mol. The van der Waals surface area contributed by atoms with Crippen LogP contribution in [0.4, 0.5) is 0 Å². The molecular formula is C19H27NOSi. The second-order valence-corrected chi connectivity index (χ2v) is 10.6. The standard InChI is InChI=1S/C19H27NOSi/c1-5-22(6-2,7-3)21-19(17-11-9-8-10-12-17)18-13-14-20-16(4)15-18/h8-15,19H,5-7H2,1-4H3. The molecule has 1 unspecified atom stereocenters. The maximum atomic E-state index is 6.82. The van der Waals surface area contributed by atoms with Gasteiger partial charge in [0.2, 0.25) is 0 Å². The Kier molecular flexibility index (Phi) is 5.92. The van der Waals surface area contributed by atoms with Gasteiger partial charge >= 0.3 is 0 Å². The predicted molar refractivity (Wildman–Crippen MR) is 95.5 cm³/mol. The second kappa shape index (κ2) is 7.70. The van der Waals surface area contributed by atoms with Crippen molar-refractivity contribution in [3.63, 3.8) is 0 Å². The summed E-state index contributed by atoms with van der Waals surface area (Å²) in [6, 6.07) is 18.3. The fraction of sp³-hybridized carbons (Fsp3) is 0.421. The Morgan fingerprint density at radius 2 is 1.59 bits per heavy atom. The maximum Gasteiger partial charge on any atom is 0.193 e. The first-order valence-electron chi connectivity index (χ1n) is 8.29. The third-order valence-electron chi connectivity index (χ3n) is 4.63. The normalized spacial score (nSPS) is 13.1. The highest BCUT2D eigenvalue weighted by atomic mass is 28.4. The molecule has 0 saturated heterocycles. The molecule has 1 aromatic heterocycles. The molecule has 2 aromatic rings. The summed E-state index contributed by atoms with van der Waals surface area (Å²) < 4.78 is 6.82. The van der Waals surface area contributed by atoms with Gasteiger partial charge in [0.25, 0.3) is 0 Å². The Morgan fingerprint density at radius 1 is 0.955 bits per heavy atom. The zero-order valence-electron chi connectivity index (χ0n) is 14.2. The highest BCUT2D eigenvalue weighted by Crippen LogP contribution is 2.34. The molecule has 0 radical (unpaired) electrons. The number of rotatable bonds is 7. The van der Waals surface area contributed by atoms with Crippen LogP contribution in [-0.2, 0) is 4.43 Å². The van der Waals surface area contributed by atoms with Crippen LogP contribution >= 0.6 is 0 Å². The first kappa shape index (κ1) is 16.9. The lowest BCUT2D eigenvalue weighted by Crippen LogP contribution is -2.37. The predicted octanol–water partition coefficient (Wildman–Crippen LogP) is 5.50. The number of hydrogen-bond acceptors (Lipinski definition) is 2. The Morgan fingerprint density at radius 3 is 2.14 bits per heavy atom. The van der Waals surface area contributed by atoms with Gasteiger partial charge in [0.05, 0.1) is 6.10 Å². The SMILES string of the molecule is CC[Si](CC)(CC)OC(c1ccccc1)c1ccnc(C)c1. The van der Waals surface area contributed by atoms with Crippen molar-refractivity contribution < 1.29 is 4.43 Å². The summed E-state index contributed by atoms with van der Waals surface area (Å²) in [5, 5.41) is 0. The molecule has 0 saturated carbocycles. The quantitative estimate of drug-likeness (QED) is 0.630. The van der Waals surface area contributed by atoms with E-state index >= 15 is 0 Å². The molecule has 0 spiro atoms. The second-order valence-electron chi connectivity index (χ2n) is 5.88. The topological polar surface area (TPSA) is 22.1 Å². The smallest absolute Gasteiger partial charge is 0.193 e. The number of aromatic nitrogens is 1. The molecule has 0 aliphatic heterocycles. The Balaban J connectivity index is 2.42. The number of hydrogen-bond donors (Lipinski definition) is 0. The van der Waals surface area contributed by atoms with Crippen LogP contribution in [0.3, 0.4) is 0 Å². The van der Waals surface area contributed by atoms with Gasteiger partial charge in [0, 0.05) is 11.9 Å². The number of benzene rings is 1. The molecule has 0 bridgehead atoms. The molecule has 1 heterocycles. The van der Waals surface area contributed by atoms with E-state index in [1.807, 2.05) is 13.1 Å². The summed E-state index contributed by atoms with van der Waals surface area (Å²) >= 11 is 0. The van der Waals surface area contributed by atoms with Crippen molar-refractivity contribution in [2.24, 2.45) is 0 Å². The lowest BCUT2D eigenvalue weighted by atomic mass is 10.0. The van der Waals surface area contributed by atoms with E-state index in [4.69, 9.17) is 4.43 Å². The molecule has 0 aliphatic rings. The number of aryl methyl sites for hydroxylation is 1. The summed E-state index contributed by atoms with van der Waals surface area (Å²) in [7, 11) is -1.68. The van der Waals surface area contributed by atoms with Crippen molar-refractivity contribution in [3.05, 3.63) is 65.5 Å². The van der Waals surface area contributed by atoms with Crippen LogP contribution in [0.25, 0.3) is 0 Å². The lowest BCUT2D eigenvalue weighted by molar-refractivity contribution is 0.230. The summed E-state index contributed by atoms with van der Waals surface area (Å²) in [5.74, 6) is 0. The highest BCUT2D eigenvalue weighted by molar-refractivity contribution is 6.73. The average molecular weight is 314 g/mol. The van der Waals surface area contributed by atoms with Crippen molar-refractivity contribution >= 4 is 8.32 Å². The summed E-state index contributed by atoms with van der Waals surface area (Å²) in [4.78, 5) is 4.33. The van der Waals surface area contributed by atoms with Crippen molar-refractivity contribution in [1.29, 1.82) is 0 Å². The molecule has 1 aromatic carbocycles. The largest absolute Gasteiger partial charge is 0.406 e. The van der Waals surface area contributed by atoms with Crippen LogP contribution < -0.4 is 0 Å². The fourth-order valence-corrected chi connectivity index (χ4v) is 5.71. The fourth-order valence-electron chi connectivity index (χ4n) is 2.94. The van der Waals surface area contributed by atoms with E-state index in [1.54, 1.807) is 0 Å². The molecule has 22 heavy (non-hydrogen) atoms. The Bertz CT molecular complexity index is 573. The Hall–Kier alpha value is -1.45. The summed E-state index contributed by atoms with van der Waals surface area (Å²) in [5.41, 5.74) is 3.49. The molecule has 1 atom stereocenters. The third-order valence-corrected chi connectivity index (χ3v) is 9.23. The van der Waals surface area contributed by atoms with Gasteiger partial charge in [-0.3, -0.25) is 4.98 Å². The molecule has 0 N–H and O–H groups in total. The first-order chi connectivity index (χ1) is 10.6. The van der Waals surface area contributed by atoms with E-state index in [9.17, 15) is 0 Å². The molecule has 0 fully saturated rings. The van der Waals surface area contributed by atoms with Gasteiger partial charge in [0.1, 0.15) is 0 Å². The summed E-state index contributed by atoms with van der Waals surface area (Å²) in [6.07, 6.45) is 1.91. The van der Waals surface area contributed by atoms with Crippen LogP contribution in [0.1, 0.15) is 43.7 Å². The lowest BCUT2D eigenvalue weighted by Gasteiger charge is -2.34. The summed E-state index contributed by atoms with van der Waals surface area (Å²) in [6.45, 7) is 8.87. The number of pyridine rings is 1. The minimum absolute atomic E-state index is 0.0226. The van der Waals surface area contributed by atoms with Crippen LogP contribution in [0, 0.1) is 6.92 Å². The number of nitrogens with zero attached hydrogens (tertiary/aromatic N) is 1. The van der Waals surface area contributed by atoms with Crippen molar-refractivity contribution in [2.45, 2.75) is 51.9 Å². The average Bonchev–Trinajstić information content (AvgIpc) is 2.57. The van der Waals surface area contributed by atoms with E-state index in [0.29, 0.717) is 0 Å². The van der Waals surface area contributed by atoms with Gasteiger partial charge < -0.3 is 4.43 Å². The van der Waals surface area contributed by atoms with E-state index in [2.05, 4.69) is 68.2 Å². The third kappa shape index (κ3) is 3.84. The van der Waals surface area contributed by atoms with Gasteiger partial charge in [-0.05, 0) is 48.3 Å². The zero-order valence-corrected chi connectivity index (χ0v) is 15.2. The van der Waals surface area contributed by atoms with Crippen LogP contribution in [0.5, 0.6) is 0 Å². The highest BCUT2D eigenvalue weighted by Gasteiger charge is 2.33. The van der Waals surface area contributed by atoms with Gasteiger partial charge in [-0.2, -0.15) is 0 Å². The molecule has 2 nitrogen and oxygen atoms in total. The van der Waals surface area contributed by atoms with E-state index in [0.717, 1.165) is 23.8 Å². The molecule has 2 rings (SSSR count).